The van der Waals surface area contributed by atoms with Crippen molar-refractivity contribution in [2.45, 2.75) is 6.54 Å². The summed E-state index contributed by atoms with van der Waals surface area (Å²) in [5.74, 6) is -0.402. The molecule has 1 amide bonds. The van der Waals surface area contributed by atoms with Crippen LogP contribution in [0.15, 0.2) is 59.2 Å². The predicted octanol–water partition coefficient (Wildman–Crippen LogP) is 2.15. The summed E-state index contributed by atoms with van der Waals surface area (Å²) in [6, 6.07) is 12.9. The van der Waals surface area contributed by atoms with Gasteiger partial charge in [0.15, 0.2) is 6.61 Å². The topological polar surface area (TPSA) is 68.5 Å². The van der Waals surface area contributed by atoms with Crippen molar-refractivity contribution >= 4 is 18.0 Å². The molecule has 0 unspecified atom stereocenters. The highest BCUT2D eigenvalue weighted by atomic mass is 16.5. The smallest absolute Gasteiger partial charge is 0.331 e. The number of benzene rings is 1. The van der Waals surface area contributed by atoms with Gasteiger partial charge in [-0.25, -0.2) is 4.79 Å². The second-order valence-electron chi connectivity index (χ2n) is 4.22. The molecule has 21 heavy (non-hydrogen) atoms. The summed E-state index contributed by atoms with van der Waals surface area (Å²) in [7, 11) is 0. The van der Waals surface area contributed by atoms with E-state index in [1.54, 1.807) is 12.1 Å². The molecule has 0 saturated heterocycles. The molecule has 1 aromatic carbocycles. The Morgan fingerprint density at radius 2 is 1.95 bits per heavy atom. The van der Waals surface area contributed by atoms with Gasteiger partial charge in [-0.15, -0.1) is 0 Å². The van der Waals surface area contributed by atoms with E-state index in [0.29, 0.717) is 12.3 Å². The molecule has 0 aliphatic rings. The Balaban J connectivity index is 1.68. The summed E-state index contributed by atoms with van der Waals surface area (Å²) in [5, 5.41) is 2.67. The number of esters is 1. The van der Waals surface area contributed by atoms with Crippen molar-refractivity contribution in [1.82, 2.24) is 5.32 Å². The zero-order valence-corrected chi connectivity index (χ0v) is 11.3. The lowest BCUT2D eigenvalue weighted by Gasteiger charge is -2.05. The van der Waals surface area contributed by atoms with Crippen molar-refractivity contribution in [1.29, 1.82) is 0 Å². The maximum atomic E-state index is 11.5. The summed E-state index contributed by atoms with van der Waals surface area (Å²) in [4.78, 5) is 22.9. The molecule has 0 spiro atoms. The van der Waals surface area contributed by atoms with E-state index < -0.39 is 5.97 Å². The molecule has 0 aliphatic carbocycles. The van der Waals surface area contributed by atoms with Crippen molar-refractivity contribution in [2.75, 3.05) is 6.61 Å². The van der Waals surface area contributed by atoms with Crippen LogP contribution in [-0.2, 0) is 20.9 Å². The number of amides is 1. The first-order valence-corrected chi connectivity index (χ1v) is 6.43. The molecule has 0 radical (unpaired) electrons. The van der Waals surface area contributed by atoms with Gasteiger partial charge in [-0.2, -0.15) is 0 Å². The molecular weight excluding hydrogens is 270 g/mol. The summed E-state index contributed by atoms with van der Waals surface area (Å²) in [5.41, 5.74) is 0.981. The normalized spacial score (nSPS) is 10.5. The highest BCUT2D eigenvalue weighted by Crippen LogP contribution is 2.02. The molecule has 0 saturated carbocycles. The lowest BCUT2D eigenvalue weighted by atomic mass is 10.2. The lowest BCUT2D eigenvalue weighted by molar-refractivity contribution is -0.143. The van der Waals surface area contributed by atoms with E-state index in [2.05, 4.69) is 5.32 Å². The van der Waals surface area contributed by atoms with Crippen LogP contribution in [0, 0.1) is 0 Å². The van der Waals surface area contributed by atoms with Crippen LogP contribution in [0.3, 0.4) is 0 Å². The van der Waals surface area contributed by atoms with Gasteiger partial charge in [0.25, 0.3) is 5.91 Å². The Hall–Kier alpha value is -2.82. The fourth-order valence-electron chi connectivity index (χ4n) is 1.57. The van der Waals surface area contributed by atoms with E-state index in [0.717, 1.165) is 5.56 Å². The molecule has 0 fully saturated rings. The number of rotatable bonds is 6. The minimum Gasteiger partial charge on any atom is -0.465 e. The molecule has 5 heteroatoms. The van der Waals surface area contributed by atoms with E-state index in [9.17, 15) is 9.59 Å². The third-order valence-corrected chi connectivity index (χ3v) is 2.60. The molecule has 1 aromatic heterocycles. The van der Waals surface area contributed by atoms with E-state index in [4.69, 9.17) is 9.15 Å². The number of carbonyl (C=O) groups is 2. The first kappa shape index (κ1) is 14.6. The van der Waals surface area contributed by atoms with E-state index in [1.807, 2.05) is 30.3 Å². The molecule has 0 atom stereocenters. The van der Waals surface area contributed by atoms with Crippen molar-refractivity contribution in [2.24, 2.45) is 0 Å². The minimum atomic E-state index is -0.596. The third kappa shape index (κ3) is 5.36. The Bertz CT molecular complexity index is 602. The fraction of sp³-hybridized carbons (Fsp3) is 0.125. The van der Waals surface area contributed by atoms with Crippen LogP contribution >= 0.6 is 0 Å². The van der Waals surface area contributed by atoms with Gasteiger partial charge in [0, 0.05) is 12.6 Å². The molecular formula is C16H15NO4. The number of ether oxygens (including phenoxy) is 1. The highest BCUT2D eigenvalue weighted by Gasteiger charge is 2.04. The first-order valence-electron chi connectivity index (χ1n) is 6.43. The Morgan fingerprint density at radius 3 is 2.67 bits per heavy atom. The van der Waals surface area contributed by atoms with Crippen LogP contribution in [-0.4, -0.2) is 18.5 Å². The van der Waals surface area contributed by atoms with Crippen molar-refractivity contribution in [3.05, 3.63) is 66.1 Å². The molecule has 5 nitrogen and oxygen atoms in total. The average Bonchev–Trinajstić information content (AvgIpc) is 3.03. The number of hydrogen-bond acceptors (Lipinski definition) is 4. The fourth-order valence-corrected chi connectivity index (χ4v) is 1.57. The quantitative estimate of drug-likeness (QED) is 0.652. The highest BCUT2D eigenvalue weighted by molar-refractivity contribution is 5.88. The zero-order valence-electron chi connectivity index (χ0n) is 11.3. The predicted molar refractivity (Wildman–Crippen MR) is 77.0 cm³/mol. The molecule has 0 bridgehead atoms. The van der Waals surface area contributed by atoms with E-state index >= 15 is 0 Å². The maximum Gasteiger partial charge on any atom is 0.331 e. The van der Waals surface area contributed by atoms with Gasteiger partial charge in [0.1, 0.15) is 5.76 Å². The van der Waals surface area contributed by atoms with Crippen molar-refractivity contribution < 1.29 is 18.7 Å². The van der Waals surface area contributed by atoms with Gasteiger partial charge >= 0.3 is 5.97 Å². The number of carbonyl (C=O) groups excluding carboxylic acids is 2. The Labute approximate surface area is 122 Å². The van der Waals surface area contributed by atoms with Crippen molar-refractivity contribution in [3.8, 4) is 0 Å². The number of furan rings is 1. The van der Waals surface area contributed by atoms with Gasteiger partial charge in [-0.3, -0.25) is 4.79 Å². The van der Waals surface area contributed by atoms with Gasteiger partial charge in [-0.05, 0) is 23.8 Å². The second-order valence-corrected chi connectivity index (χ2v) is 4.22. The van der Waals surface area contributed by atoms with Gasteiger partial charge in [0.2, 0.25) is 0 Å². The van der Waals surface area contributed by atoms with E-state index in [-0.39, 0.29) is 12.5 Å². The molecule has 2 aromatic rings. The zero-order chi connectivity index (χ0) is 14.9. The van der Waals surface area contributed by atoms with Crippen molar-refractivity contribution in [3.63, 3.8) is 0 Å². The first-order chi connectivity index (χ1) is 10.2. The molecule has 0 aliphatic heterocycles. The van der Waals surface area contributed by atoms with Crippen LogP contribution in [0.4, 0.5) is 0 Å². The monoisotopic (exact) mass is 285 g/mol. The largest absolute Gasteiger partial charge is 0.465 e. The van der Waals surface area contributed by atoms with Crippen LogP contribution in [0.2, 0.25) is 0 Å². The van der Waals surface area contributed by atoms with Crippen LogP contribution in [0.25, 0.3) is 6.08 Å². The summed E-state index contributed by atoms with van der Waals surface area (Å²) >= 11 is 0. The summed E-state index contributed by atoms with van der Waals surface area (Å²) < 4.78 is 9.83. The number of hydrogen-bond donors (Lipinski definition) is 1. The standard InChI is InChI=1S/C16H15NO4/c18-15(17-11-13-5-2-1-3-6-13)12-21-16(19)9-8-14-7-4-10-20-14/h1-10H,11-12H2,(H,17,18). The molecule has 1 heterocycles. The average molecular weight is 285 g/mol. The second kappa shape index (κ2) is 7.69. The minimum absolute atomic E-state index is 0.311. The van der Waals surface area contributed by atoms with Gasteiger partial charge in [-0.1, -0.05) is 30.3 Å². The summed E-state index contributed by atoms with van der Waals surface area (Å²) in [6.45, 7) is 0.0909. The van der Waals surface area contributed by atoms with Crippen LogP contribution in [0.5, 0.6) is 0 Å². The maximum absolute atomic E-state index is 11.5. The van der Waals surface area contributed by atoms with Crippen LogP contribution < -0.4 is 5.32 Å². The molecule has 108 valence electrons. The SMILES string of the molecule is O=C(COC(=O)C=Cc1ccco1)NCc1ccccc1. The van der Waals surface area contributed by atoms with Gasteiger partial charge in [0.05, 0.1) is 6.26 Å². The van der Waals surface area contributed by atoms with Gasteiger partial charge < -0.3 is 14.5 Å². The number of nitrogens with one attached hydrogen (secondary N) is 1. The summed E-state index contributed by atoms with van der Waals surface area (Å²) in [6.07, 6.45) is 4.19. The van der Waals surface area contributed by atoms with E-state index in [1.165, 1.54) is 18.4 Å². The Kier molecular flexibility index (Phi) is 5.34. The lowest BCUT2D eigenvalue weighted by Crippen LogP contribution is -2.28. The Morgan fingerprint density at radius 1 is 1.14 bits per heavy atom. The molecule has 2 rings (SSSR count). The van der Waals surface area contributed by atoms with Crippen LogP contribution in [0.1, 0.15) is 11.3 Å². The molecule has 1 N–H and O–H groups in total. The third-order valence-electron chi connectivity index (χ3n) is 2.60.